The number of rotatable bonds is 4. The average molecular weight is 361 g/mol. The van der Waals surface area contributed by atoms with Crippen LogP contribution < -0.4 is 0 Å². The van der Waals surface area contributed by atoms with Crippen LogP contribution in [0.3, 0.4) is 0 Å². The molecule has 0 saturated heterocycles. The van der Waals surface area contributed by atoms with Crippen molar-refractivity contribution in [2.45, 2.75) is 13.1 Å². The monoisotopic (exact) mass is 360 g/mol. The van der Waals surface area contributed by atoms with Gasteiger partial charge >= 0.3 is 24.5 Å². The van der Waals surface area contributed by atoms with Crippen LogP contribution in [0.2, 0.25) is 5.15 Å². The fraction of sp³-hybridized carbons (Fsp3) is 0.250. The third kappa shape index (κ3) is 4.60. The molecule has 0 aliphatic rings. The number of halogens is 5. The van der Waals surface area contributed by atoms with Crippen molar-refractivity contribution in [3.8, 4) is 0 Å². The molecule has 0 aromatic carbocycles. The van der Waals surface area contributed by atoms with Gasteiger partial charge in [0.25, 0.3) is 0 Å². The molecule has 0 bridgehead atoms. The Balaban J connectivity index is 0.000000231. The Bertz CT molecular complexity index is 705. The summed E-state index contributed by atoms with van der Waals surface area (Å²) in [6.07, 6.45) is 2.12. The van der Waals surface area contributed by atoms with E-state index in [4.69, 9.17) is 11.6 Å². The zero-order chi connectivity index (χ0) is 17.7. The summed E-state index contributed by atoms with van der Waals surface area (Å²) in [6, 6.07) is 0. The molecule has 0 amide bonds. The highest BCUT2D eigenvalue weighted by atomic mass is 35.5. The normalized spacial score (nSPS) is 10.6. The Hall–Kier alpha value is -2.77. The van der Waals surface area contributed by atoms with E-state index in [-0.39, 0.29) is 9.36 Å². The molecule has 0 fully saturated rings. The predicted molar refractivity (Wildman–Crippen MR) is 65.3 cm³/mol. The number of alkyl halides is 4. The predicted octanol–water partition coefficient (Wildman–Crippen LogP) is 3.03. The number of hydrogen-bond acceptors (Lipinski definition) is 6. The van der Waals surface area contributed by atoms with E-state index in [0.29, 0.717) is 12.4 Å². The average Bonchev–Trinajstić information content (AvgIpc) is 3.05. The molecule has 2 aromatic rings. The molecular weight excluding hydrogens is 356 g/mol. The molecule has 0 radical (unpaired) electrons. The highest BCUT2D eigenvalue weighted by Gasteiger charge is 2.22. The lowest BCUT2D eigenvalue weighted by molar-refractivity contribution is -0.385. The third-order valence-corrected chi connectivity index (χ3v) is 2.46. The summed E-state index contributed by atoms with van der Waals surface area (Å²) in [5.41, 5.74) is -1.07. The molecule has 10 nitrogen and oxygen atoms in total. The summed E-state index contributed by atoms with van der Waals surface area (Å²) in [6.45, 7) is -5.80. The first-order valence-electron chi connectivity index (χ1n) is 5.27. The van der Waals surface area contributed by atoms with Gasteiger partial charge < -0.3 is 0 Å². The van der Waals surface area contributed by atoms with Gasteiger partial charge in [-0.1, -0.05) is 11.6 Å². The zero-order valence-electron chi connectivity index (χ0n) is 10.6. The van der Waals surface area contributed by atoms with Crippen LogP contribution in [-0.4, -0.2) is 29.4 Å². The minimum Gasteiger partial charge on any atom is -0.258 e. The summed E-state index contributed by atoms with van der Waals surface area (Å²) in [5, 5.41) is 25.4. The Morgan fingerprint density at radius 1 is 1.04 bits per heavy atom. The van der Waals surface area contributed by atoms with E-state index in [1.807, 2.05) is 0 Å². The minimum atomic E-state index is -2.97. The van der Waals surface area contributed by atoms with Crippen LogP contribution in [0.5, 0.6) is 0 Å². The topological polar surface area (TPSA) is 122 Å². The quantitative estimate of drug-likeness (QED) is 0.469. The van der Waals surface area contributed by atoms with Crippen molar-refractivity contribution in [3.05, 3.63) is 44.0 Å². The van der Waals surface area contributed by atoms with E-state index in [2.05, 4.69) is 10.2 Å². The standard InChI is InChI=1S/C4H2ClF2N3O2.C4H3F2N3O2/c5-3-2(10(11)12)1-8-9(3)4(6)7;5-4(6)8-2-3(1-7-8)9(10)11/h1,4H;1-2,4H. The molecule has 0 spiro atoms. The van der Waals surface area contributed by atoms with E-state index < -0.39 is 39.5 Å². The number of hydrogen-bond donors (Lipinski definition) is 0. The zero-order valence-corrected chi connectivity index (χ0v) is 11.3. The molecule has 0 unspecified atom stereocenters. The molecule has 15 heteroatoms. The lowest BCUT2D eigenvalue weighted by Gasteiger charge is -1.97. The summed E-state index contributed by atoms with van der Waals surface area (Å²) < 4.78 is 47.5. The second-order valence-corrected chi connectivity index (χ2v) is 3.87. The molecule has 2 heterocycles. The Morgan fingerprint density at radius 3 is 1.91 bits per heavy atom. The molecular formula is C8H5ClF4N6O4. The van der Waals surface area contributed by atoms with Gasteiger partial charge in [-0.05, 0) is 0 Å². The lowest BCUT2D eigenvalue weighted by Crippen LogP contribution is -1.99. The van der Waals surface area contributed by atoms with Crippen LogP contribution in [0.25, 0.3) is 0 Å². The highest BCUT2D eigenvalue weighted by molar-refractivity contribution is 6.31. The number of nitro groups is 2. The first kappa shape index (κ1) is 18.3. The molecule has 2 rings (SSSR count). The molecule has 23 heavy (non-hydrogen) atoms. The van der Waals surface area contributed by atoms with Gasteiger partial charge in [-0.2, -0.15) is 32.4 Å². The van der Waals surface area contributed by atoms with Crippen molar-refractivity contribution >= 4 is 23.0 Å². The van der Waals surface area contributed by atoms with Gasteiger partial charge in [-0.3, -0.25) is 20.2 Å². The largest absolute Gasteiger partial charge is 0.334 e. The minimum absolute atomic E-state index is 0.0691. The molecule has 0 N–H and O–H groups in total. The summed E-state index contributed by atoms with van der Waals surface area (Å²) in [7, 11) is 0. The molecule has 0 aliphatic carbocycles. The summed E-state index contributed by atoms with van der Waals surface area (Å²) in [5.74, 6) is 0. The van der Waals surface area contributed by atoms with Gasteiger partial charge in [-0.15, -0.1) is 0 Å². The van der Waals surface area contributed by atoms with Crippen LogP contribution in [0, 0.1) is 20.2 Å². The maximum Gasteiger partial charge on any atom is 0.334 e. The van der Waals surface area contributed by atoms with Crippen LogP contribution in [0.1, 0.15) is 13.1 Å². The second kappa shape index (κ2) is 7.48. The number of aromatic nitrogens is 4. The van der Waals surface area contributed by atoms with Gasteiger partial charge in [0, 0.05) is 0 Å². The Morgan fingerprint density at radius 2 is 1.65 bits per heavy atom. The lowest BCUT2D eigenvalue weighted by atomic mass is 10.6. The van der Waals surface area contributed by atoms with E-state index in [1.54, 1.807) is 0 Å². The Kier molecular flexibility index (Phi) is 5.94. The van der Waals surface area contributed by atoms with Crippen LogP contribution in [-0.2, 0) is 0 Å². The maximum absolute atomic E-state index is 11.9. The Labute approximate surface area is 128 Å². The van der Waals surface area contributed by atoms with E-state index >= 15 is 0 Å². The summed E-state index contributed by atoms with van der Waals surface area (Å²) in [4.78, 5) is 18.4. The maximum atomic E-state index is 11.9. The van der Waals surface area contributed by atoms with Crippen molar-refractivity contribution in [1.29, 1.82) is 0 Å². The van der Waals surface area contributed by atoms with E-state index in [0.717, 1.165) is 6.20 Å². The van der Waals surface area contributed by atoms with Crippen LogP contribution in [0.4, 0.5) is 28.9 Å². The molecule has 126 valence electrons. The van der Waals surface area contributed by atoms with Gasteiger partial charge in [-0.25, -0.2) is 4.68 Å². The first-order chi connectivity index (χ1) is 10.6. The summed E-state index contributed by atoms with van der Waals surface area (Å²) >= 11 is 5.19. The fourth-order valence-electron chi connectivity index (χ4n) is 1.13. The van der Waals surface area contributed by atoms with Crippen molar-refractivity contribution < 1.29 is 27.4 Å². The van der Waals surface area contributed by atoms with E-state index in [1.165, 1.54) is 0 Å². The van der Waals surface area contributed by atoms with Crippen molar-refractivity contribution in [2.24, 2.45) is 0 Å². The van der Waals surface area contributed by atoms with Crippen molar-refractivity contribution in [3.63, 3.8) is 0 Å². The molecule has 0 aliphatic heterocycles. The van der Waals surface area contributed by atoms with Crippen LogP contribution in [0.15, 0.2) is 18.6 Å². The first-order valence-corrected chi connectivity index (χ1v) is 5.65. The van der Waals surface area contributed by atoms with Gasteiger partial charge in [0.05, 0.1) is 9.85 Å². The van der Waals surface area contributed by atoms with Gasteiger partial charge in [0.1, 0.15) is 18.6 Å². The van der Waals surface area contributed by atoms with Crippen molar-refractivity contribution in [2.75, 3.05) is 0 Å². The van der Waals surface area contributed by atoms with Gasteiger partial charge in [0.2, 0.25) is 5.15 Å². The third-order valence-electron chi connectivity index (χ3n) is 2.10. The highest BCUT2D eigenvalue weighted by Crippen LogP contribution is 2.26. The van der Waals surface area contributed by atoms with Gasteiger partial charge in [0.15, 0.2) is 0 Å². The van der Waals surface area contributed by atoms with E-state index in [9.17, 15) is 37.8 Å². The fourth-order valence-corrected chi connectivity index (χ4v) is 1.36. The molecule has 0 saturated carbocycles. The van der Waals surface area contributed by atoms with Crippen molar-refractivity contribution in [1.82, 2.24) is 19.6 Å². The smallest absolute Gasteiger partial charge is 0.258 e. The molecule has 2 aromatic heterocycles. The molecule has 0 atom stereocenters. The second-order valence-electron chi connectivity index (χ2n) is 3.51. The SMILES string of the molecule is O=[N+]([O-])c1cnn(C(F)F)c1.O=[N+]([O-])c1cnn(C(F)F)c1Cl. The van der Waals surface area contributed by atoms with Crippen LogP contribution >= 0.6 is 11.6 Å². The number of nitrogens with zero attached hydrogens (tertiary/aromatic N) is 6.